The van der Waals surface area contributed by atoms with Gasteiger partial charge in [0.2, 0.25) is 0 Å². The van der Waals surface area contributed by atoms with Crippen LogP contribution in [0.4, 0.5) is 0 Å². The Kier molecular flexibility index (Phi) is 6.67. The molecule has 2 aromatic rings. The van der Waals surface area contributed by atoms with Crippen molar-refractivity contribution in [2.45, 2.75) is 13.8 Å². The smallest absolute Gasteiger partial charge is 0.388 e. The second-order valence-corrected chi connectivity index (χ2v) is 9.96. The van der Waals surface area contributed by atoms with Crippen molar-refractivity contribution in [1.29, 1.82) is 0 Å². The van der Waals surface area contributed by atoms with Crippen molar-refractivity contribution in [3.63, 3.8) is 0 Å². The fourth-order valence-corrected chi connectivity index (χ4v) is 8.09. The van der Waals surface area contributed by atoms with E-state index in [2.05, 4.69) is 75.5 Å². The lowest BCUT2D eigenvalue weighted by Crippen LogP contribution is -2.63. The Morgan fingerprint density at radius 1 is 0.810 bits per heavy atom. The summed E-state index contributed by atoms with van der Waals surface area (Å²) in [4.78, 5) is 0. The van der Waals surface area contributed by atoms with E-state index in [1.54, 1.807) is 0 Å². The molecule has 0 spiro atoms. The number of halogens is 2. The molecule has 0 aromatic heterocycles. The molecule has 0 bridgehead atoms. The molecule has 0 aliphatic rings. The van der Waals surface area contributed by atoms with Crippen LogP contribution in [0.2, 0.25) is 0 Å². The topological polar surface area (TPSA) is 18.5 Å². The lowest BCUT2D eigenvalue weighted by atomic mass is 10.4. The van der Waals surface area contributed by atoms with Gasteiger partial charge in [-0.15, -0.1) is 0 Å². The first-order valence-electron chi connectivity index (χ1n) is 6.92. The van der Waals surface area contributed by atoms with E-state index in [0.717, 1.165) is 5.19 Å². The molecule has 0 saturated carbocycles. The average molecular weight is 524 g/mol. The zero-order valence-corrected chi connectivity index (χ0v) is 17.4. The standard InChI is InChI=1S/C16H18I2O2Si/c1-3-19-21(20-4-2,15-8-6-5-7-9-15)16-11-13(17)10-14(18)12-16/h5-12H,3-4H2,1-2H3. The summed E-state index contributed by atoms with van der Waals surface area (Å²) in [6, 6.07) is 16.9. The van der Waals surface area contributed by atoms with Crippen LogP contribution in [0.15, 0.2) is 48.5 Å². The zero-order valence-electron chi connectivity index (χ0n) is 12.1. The van der Waals surface area contributed by atoms with Gasteiger partial charge in [0.15, 0.2) is 0 Å². The minimum Gasteiger partial charge on any atom is -0.388 e. The summed E-state index contributed by atoms with van der Waals surface area (Å²) in [5.74, 6) is 0. The van der Waals surface area contributed by atoms with Crippen LogP contribution in [0.25, 0.3) is 0 Å². The highest BCUT2D eigenvalue weighted by Gasteiger charge is 2.42. The van der Waals surface area contributed by atoms with E-state index in [1.165, 1.54) is 12.3 Å². The summed E-state index contributed by atoms with van der Waals surface area (Å²) in [5.41, 5.74) is 0. The summed E-state index contributed by atoms with van der Waals surface area (Å²) in [6.07, 6.45) is 0. The molecule has 2 rings (SSSR count). The van der Waals surface area contributed by atoms with Gasteiger partial charge in [-0.3, -0.25) is 0 Å². The van der Waals surface area contributed by atoms with Crippen LogP contribution < -0.4 is 10.4 Å². The second-order valence-electron chi connectivity index (χ2n) is 4.51. The summed E-state index contributed by atoms with van der Waals surface area (Å²) in [7, 11) is -2.62. The number of hydrogen-bond acceptors (Lipinski definition) is 2. The summed E-state index contributed by atoms with van der Waals surface area (Å²) < 4.78 is 14.9. The molecule has 0 aliphatic heterocycles. The van der Waals surface area contributed by atoms with Gasteiger partial charge >= 0.3 is 8.56 Å². The summed E-state index contributed by atoms with van der Waals surface area (Å²) >= 11 is 4.71. The Labute approximate surface area is 154 Å². The molecule has 0 unspecified atom stereocenters. The predicted octanol–water partition coefficient (Wildman–Crippen LogP) is 3.53. The van der Waals surface area contributed by atoms with Gasteiger partial charge in [0.25, 0.3) is 0 Å². The molecule has 0 aliphatic carbocycles. The second kappa shape index (κ2) is 8.05. The van der Waals surface area contributed by atoms with E-state index in [9.17, 15) is 0 Å². The molecule has 0 radical (unpaired) electrons. The predicted molar refractivity (Wildman–Crippen MR) is 107 cm³/mol. The third-order valence-electron chi connectivity index (χ3n) is 3.09. The van der Waals surface area contributed by atoms with E-state index < -0.39 is 8.56 Å². The monoisotopic (exact) mass is 524 g/mol. The van der Waals surface area contributed by atoms with Crippen molar-refractivity contribution in [2.75, 3.05) is 13.2 Å². The fraction of sp³-hybridized carbons (Fsp3) is 0.250. The number of rotatable bonds is 6. The Hall–Kier alpha value is 0.0369. The number of hydrogen-bond donors (Lipinski definition) is 0. The van der Waals surface area contributed by atoms with Gasteiger partial charge in [-0.05, 0) is 82.4 Å². The van der Waals surface area contributed by atoms with Gasteiger partial charge in [0.1, 0.15) is 0 Å². The highest BCUT2D eigenvalue weighted by atomic mass is 127. The number of benzene rings is 2. The van der Waals surface area contributed by atoms with Crippen molar-refractivity contribution in [1.82, 2.24) is 0 Å². The molecule has 21 heavy (non-hydrogen) atoms. The summed E-state index contributed by atoms with van der Waals surface area (Å²) in [5, 5.41) is 2.33. The van der Waals surface area contributed by atoms with Crippen LogP contribution in [0.3, 0.4) is 0 Å². The van der Waals surface area contributed by atoms with Gasteiger partial charge in [0, 0.05) is 25.5 Å². The van der Waals surface area contributed by atoms with Crippen LogP contribution in [-0.2, 0) is 8.85 Å². The molecule has 0 N–H and O–H groups in total. The third kappa shape index (κ3) is 4.07. The van der Waals surface area contributed by atoms with Gasteiger partial charge in [0.05, 0.1) is 0 Å². The fourth-order valence-electron chi connectivity index (χ4n) is 2.35. The molecular weight excluding hydrogens is 506 g/mol. The third-order valence-corrected chi connectivity index (χ3v) is 7.87. The highest BCUT2D eigenvalue weighted by Crippen LogP contribution is 2.15. The van der Waals surface area contributed by atoms with Crippen LogP contribution in [-0.4, -0.2) is 21.8 Å². The Morgan fingerprint density at radius 2 is 1.33 bits per heavy atom. The molecule has 0 saturated heterocycles. The first-order chi connectivity index (χ1) is 10.1. The van der Waals surface area contributed by atoms with E-state index in [-0.39, 0.29) is 0 Å². The maximum atomic E-state index is 6.26. The van der Waals surface area contributed by atoms with E-state index >= 15 is 0 Å². The maximum absolute atomic E-state index is 6.26. The minimum atomic E-state index is -2.62. The highest BCUT2D eigenvalue weighted by molar-refractivity contribution is 14.1. The van der Waals surface area contributed by atoms with E-state index in [4.69, 9.17) is 8.85 Å². The lowest BCUT2D eigenvalue weighted by molar-refractivity contribution is 0.208. The van der Waals surface area contributed by atoms with Crippen LogP contribution in [0, 0.1) is 7.14 Å². The van der Waals surface area contributed by atoms with Crippen molar-refractivity contribution in [2.24, 2.45) is 0 Å². The van der Waals surface area contributed by atoms with Gasteiger partial charge in [-0.25, -0.2) is 0 Å². The average Bonchev–Trinajstić information content (AvgIpc) is 2.47. The minimum absolute atomic E-state index is 0.642. The van der Waals surface area contributed by atoms with Crippen molar-refractivity contribution in [3.05, 3.63) is 55.7 Å². The molecule has 0 fully saturated rings. The van der Waals surface area contributed by atoms with E-state index in [0.29, 0.717) is 13.2 Å². The summed E-state index contributed by atoms with van der Waals surface area (Å²) in [6.45, 7) is 5.34. The molecule has 5 heteroatoms. The molecule has 0 atom stereocenters. The zero-order chi connectivity index (χ0) is 15.3. The normalized spacial score (nSPS) is 11.6. The SMILES string of the molecule is CCO[Si](OCC)(c1ccccc1)c1cc(I)cc(I)c1. The van der Waals surface area contributed by atoms with Crippen molar-refractivity contribution < 1.29 is 8.85 Å². The first-order valence-corrected chi connectivity index (χ1v) is 10.9. The van der Waals surface area contributed by atoms with Crippen LogP contribution >= 0.6 is 45.2 Å². The first kappa shape index (κ1) is 17.4. The molecule has 112 valence electrons. The van der Waals surface area contributed by atoms with Gasteiger partial charge in [-0.1, -0.05) is 30.3 Å². The van der Waals surface area contributed by atoms with Crippen LogP contribution in [0.1, 0.15) is 13.8 Å². The van der Waals surface area contributed by atoms with Crippen molar-refractivity contribution in [3.8, 4) is 0 Å². The Morgan fingerprint density at radius 3 is 1.81 bits per heavy atom. The molecule has 0 heterocycles. The molecule has 2 aromatic carbocycles. The molecular formula is C16H18I2O2Si. The molecule has 0 amide bonds. The lowest BCUT2D eigenvalue weighted by Gasteiger charge is -2.31. The van der Waals surface area contributed by atoms with E-state index in [1.807, 2.05) is 32.0 Å². The quantitative estimate of drug-likeness (QED) is 0.426. The van der Waals surface area contributed by atoms with Gasteiger partial charge in [-0.2, -0.15) is 0 Å². The molecule has 2 nitrogen and oxygen atoms in total. The largest absolute Gasteiger partial charge is 0.407 e. The van der Waals surface area contributed by atoms with Gasteiger partial charge < -0.3 is 8.85 Å². The Bertz CT molecular complexity index is 564. The van der Waals surface area contributed by atoms with Crippen LogP contribution in [0.5, 0.6) is 0 Å². The maximum Gasteiger partial charge on any atom is 0.407 e. The van der Waals surface area contributed by atoms with Crippen molar-refractivity contribution >= 4 is 64.1 Å². The Balaban J connectivity index is 2.63.